The highest BCUT2D eigenvalue weighted by Crippen LogP contribution is 2.53. The van der Waals surface area contributed by atoms with Gasteiger partial charge in [0.05, 0.1) is 28.7 Å². The first-order valence-electron chi connectivity index (χ1n) is 7.68. The number of fused-ring (bicyclic) bond motifs is 1. The van der Waals surface area contributed by atoms with Crippen LogP contribution in [0, 0.1) is 5.92 Å². The molecule has 1 unspecified atom stereocenters. The van der Waals surface area contributed by atoms with Crippen molar-refractivity contribution in [1.82, 2.24) is 10.2 Å². The van der Waals surface area contributed by atoms with Crippen LogP contribution >= 0.6 is 23.5 Å². The van der Waals surface area contributed by atoms with Crippen LogP contribution in [0.15, 0.2) is 9.93 Å². The van der Waals surface area contributed by atoms with Crippen LogP contribution in [0.1, 0.15) is 13.3 Å². The minimum Gasteiger partial charge on any atom is -0.481 e. The van der Waals surface area contributed by atoms with E-state index in [0.29, 0.717) is 4.24 Å². The number of nitrogens with one attached hydrogen (secondary N) is 1. The summed E-state index contributed by atoms with van der Waals surface area (Å²) in [6, 6.07) is -0.964. The maximum atomic E-state index is 12.1. The van der Waals surface area contributed by atoms with Crippen LogP contribution in [0.4, 0.5) is 0 Å². The molecule has 6 N–H and O–H groups in total. The van der Waals surface area contributed by atoms with Crippen molar-refractivity contribution in [3.8, 4) is 0 Å². The lowest BCUT2D eigenvalue weighted by atomic mass is 9.92. The Hall–Kier alpha value is -1.76. The van der Waals surface area contributed by atoms with Gasteiger partial charge in [-0.05, 0) is 6.92 Å². The Kier molecular flexibility index (Phi) is 6.55. The number of carbonyl (C=O) groups is 4. The third-order valence-electron chi connectivity index (χ3n) is 3.84. The number of aliphatic hydroxyl groups excluding tert-OH is 1. The first-order valence-corrected chi connectivity index (χ1v) is 9.55. The molecule has 0 saturated carbocycles. The molecule has 0 aliphatic carbocycles. The van der Waals surface area contributed by atoms with Crippen molar-refractivity contribution in [1.29, 1.82) is 0 Å². The lowest BCUT2D eigenvalue weighted by molar-refractivity contribution is -0.156. The summed E-state index contributed by atoms with van der Waals surface area (Å²) in [5, 5.41) is 29.5. The highest BCUT2D eigenvalue weighted by molar-refractivity contribution is 8.22. The quantitative estimate of drug-likeness (QED) is 0.294. The summed E-state index contributed by atoms with van der Waals surface area (Å²) in [4.78, 5) is 46.9. The number of hydrogen-bond acceptors (Lipinski definition) is 8. The van der Waals surface area contributed by atoms with Crippen LogP contribution in [-0.2, 0) is 19.2 Å². The van der Waals surface area contributed by atoms with Crippen LogP contribution in [0.25, 0.3) is 0 Å². The van der Waals surface area contributed by atoms with Gasteiger partial charge in [-0.15, -0.1) is 11.8 Å². The molecule has 0 spiro atoms. The van der Waals surface area contributed by atoms with Crippen molar-refractivity contribution in [3.63, 3.8) is 0 Å². The zero-order valence-electron chi connectivity index (χ0n) is 13.7. The topological polar surface area (TPSA) is 170 Å². The third-order valence-corrected chi connectivity index (χ3v) is 6.61. The number of hydrogen-bond donors (Lipinski definition) is 5. The Morgan fingerprint density at radius 3 is 2.58 bits per heavy atom. The van der Waals surface area contributed by atoms with Gasteiger partial charge in [0.1, 0.15) is 5.37 Å². The van der Waals surface area contributed by atoms with Gasteiger partial charge in [-0.1, -0.05) is 11.8 Å². The Morgan fingerprint density at radius 2 is 2.04 bits per heavy atom. The Bertz CT molecular complexity index is 667. The van der Waals surface area contributed by atoms with Crippen molar-refractivity contribution in [2.75, 3.05) is 12.3 Å². The molecule has 4 atom stereocenters. The minimum atomic E-state index is -1.26. The highest BCUT2D eigenvalue weighted by atomic mass is 32.2. The van der Waals surface area contributed by atoms with Crippen molar-refractivity contribution in [2.24, 2.45) is 11.7 Å². The number of amides is 2. The van der Waals surface area contributed by atoms with Crippen LogP contribution in [0.2, 0.25) is 0 Å². The average molecular weight is 405 g/mol. The number of thioether (sulfide) groups is 2. The zero-order chi connectivity index (χ0) is 19.6. The van der Waals surface area contributed by atoms with Gasteiger partial charge in [0.15, 0.2) is 5.70 Å². The fourth-order valence-electron chi connectivity index (χ4n) is 2.52. The average Bonchev–Trinajstić information content (AvgIpc) is 2.86. The van der Waals surface area contributed by atoms with Crippen molar-refractivity contribution < 1.29 is 34.5 Å². The second-order valence-corrected chi connectivity index (χ2v) is 8.19. The molecule has 2 rings (SSSR count). The number of nitrogens with zero attached hydrogens (tertiary/aromatic N) is 1. The fraction of sp³-hybridized carbons (Fsp3) is 0.571. The third kappa shape index (κ3) is 4.14. The molecule has 0 aromatic rings. The van der Waals surface area contributed by atoms with Crippen LogP contribution in [0.3, 0.4) is 0 Å². The van der Waals surface area contributed by atoms with E-state index < -0.39 is 47.2 Å². The maximum absolute atomic E-state index is 12.1. The van der Waals surface area contributed by atoms with Gasteiger partial charge in [0, 0.05) is 12.3 Å². The summed E-state index contributed by atoms with van der Waals surface area (Å²) in [5.41, 5.74) is 5.58. The SMILES string of the molecule is CC(O)[C@H]1C(=O)N2C(C(=O)O)=C(SC[C@@H](N)C(=O)NCCC(=O)O)S[C@H]12. The largest absolute Gasteiger partial charge is 0.481 e. The zero-order valence-corrected chi connectivity index (χ0v) is 15.4. The second-order valence-electron chi connectivity index (χ2n) is 5.78. The molecule has 0 aromatic heterocycles. The number of carboxylic acids is 2. The fourth-order valence-corrected chi connectivity index (χ4v) is 5.41. The van der Waals surface area contributed by atoms with Crippen molar-refractivity contribution >= 4 is 47.3 Å². The van der Waals surface area contributed by atoms with Gasteiger partial charge in [-0.3, -0.25) is 19.3 Å². The first kappa shape index (κ1) is 20.6. The van der Waals surface area contributed by atoms with E-state index in [1.807, 2.05) is 0 Å². The lowest BCUT2D eigenvalue weighted by Crippen LogP contribution is -2.60. The normalized spacial score (nSPS) is 24.0. The van der Waals surface area contributed by atoms with Crippen LogP contribution < -0.4 is 11.1 Å². The molecule has 1 saturated heterocycles. The summed E-state index contributed by atoms with van der Waals surface area (Å²) in [6.07, 6.45) is -1.12. The number of carbonyl (C=O) groups excluding carboxylic acids is 2. The molecule has 10 nitrogen and oxygen atoms in total. The van der Waals surface area contributed by atoms with Gasteiger partial charge in [-0.25, -0.2) is 4.79 Å². The van der Waals surface area contributed by atoms with E-state index >= 15 is 0 Å². The molecule has 2 amide bonds. The van der Waals surface area contributed by atoms with E-state index in [1.54, 1.807) is 0 Å². The van der Waals surface area contributed by atoms with Gasteiger partial charge in [0.25, 0.3) is 0 Å². The van der Waals surface area contributed by atoms with Crippen LogP contribution in [-0.4, -0.2) is 73.8 Å². The predicted octanol–water partition coefficient (Wildman–Crippen LogP) is -1.20. The molecule has 1 fully saturated rings. The molecule has 144 valence electrons. The molecular weight excluding hydrogens is 386 g/mol. The molecule has 12 heteroatoms. The molecule has 2 heterocycles. The standard InChI is InChI=1S/C14H19N3O7S2/c1-5(18)8-11(22)17-9(13(23)24)14(26-12(8)17)25-4-6(15)10(21)16-3-2-7(19)20/h5-6,8,12,18H,2-4,15H2,1H3,(H,16,21)(H,19,20)(H,23,24)/t5?,6-,8+,12-/m1/s1. The molecule has 0 radical (unpaired) electrons. The first-order chi connectivity index (χ1) is 12.1. The molecule has 0 bridgehead atoms. The maximum Gasteiger partial charge on any atom is 0.354 e. The van der Waals surface area contributed by atoms with Crippen molar-refractivity contribution in [2.45, 2.75) is 30.9 Å². The highest BCUT2D eigenvalue weighted by Gasteiger charge is 2.57. The van der Waals surface area contributed by atoms with E-state index in [1.165, 1.54) is 6.92 Å². The predicted molar refractivity (Wildman–Crippen MR) is 93.8 cm³/mol. The summed E-state index contributed by atoms with van der Waals surface area (Å²) in [5.74, 6) is -3.90. The summed E-state index contributed by atoms with van der Waals surface area (Å²) in [7, 11) is 0. The van der Waals surface area contributed by atoms with E-state index in [4.69, 9.17) is 10.8 Å². The summed E-state index contributed by atoms with van der Waals surface area (Å²) in [6.45, 7) is 1.42. The summed E-state index contributed by atoms with van der Waals surface area (Å²) < 4.78 is 0.354. The molecule has 2 aliphatic rings. The minimum absolute atomic E-state index is 0.0508. The second kappa shape index (κ2) is 8.29. The lowest BCUT2D eigenvalue weighted by Gasteiger charge is -2.43. The summed E-state index contributed by atoms with van der Waals surface area (Å²) >= 11 is 2.20. The van der Waals surface area contributed by atoms with Crippen LogP contribution in [0.5, 0.6) is 0 Å². The molecule has 0 aromatic carbocycles. The Labute approximate surface area is 157 Å². The van der Waals surface area contributed by atoms with Crippen molar-refractivity contribution in [3.05, 3.63) is 9.93 Å². The number of aliphatic carboxylic acids is 2. The Balaban J connectivity index is 1.96. The van der Waals surface area contributed by atoms with E-state index in [0.717, 1.165) is 28.4 Å². The monoisotopic (exact) mass is 405 g/mol. The molecule has 2 aliphatic heterocycles. The number of β-lactam (4-membered cyclic amide) rings is 1. The van der Waals surface area contributed by atoms with Gasteiger partial charge < -0.3 is 26.4 Å². The number of rotatable bonds is 9. The van der Waals surface area contributed by atoms with E-state index in [2.05, 4.69) is 5.32 Å². The van der Waals surface area contributed by atoms with Gasteiger partial charge in [0.2, 0.25) is 11.8 Å². The van der Waals surface area contributed by atoms with Gasteiger partial charge in [-0.2, -0.15) is 0 Å². The number of nitrogens with two attached hydrogens (primary N) is 1. The number of aliphatic hydroxyl groups is 1. The smallest absolute Gasteiger partial charge is 0.354 e. The molecular formula is C14H19N3O7S2. The van der Waals surface area contributed by atoms with E-state index in [9.17, 15) is 29.4 Å². The van der Waals surface area contributed by atoms with Gasteiger partial charge >= 0.3 is 11.9 Å². The Morgan fingerprint density at radius 1 is 1.38 bits per heavy atom. The van der Waals surface area contributed by atoms with E-state index in [-0.39, 0.29) is 24.4 Å². The number of carboxylic acid groups (broad SMARTS) is 2. The molecule has 26 heavy (non-hydrogen) atoms.